The zero-order valence-electron chi connectivity index (χ0n) is 18.5. The quantitative estimate of drug-likeness (QED) is 0.508. The fraction of sp³-hybridized carbons (Fsp3) is 0.308. The molecule has 176 valence electrons. The van der Waals surface area contributed by atoms with E-state index in [0.29, 0.717) is 22.3 Å². The second kappa shape index (κ2) is 7.83. The van der Waals surface area contributed by atoms with Crippen LogP contribution in [0.1, 0.15) is 25.0 Å². The molecule has 0 aliphatic heterocycles. The lowest BCUT2D eigenvalue weighted by Gasteiger charge is -2.64. The Bertz CT molecular complexity index is 1080. The van der Waals surface area contributed by atoms with Crippen LogP contribution in [0.4, 0.5) is 0 Å². The number of allylic oxidation sites excluding steroid dienone is 2. The number of benzene rings is 2. The summed E-state index contributed by atoms with van der Waals surface area (Å²) in [7, 11) is 0. The number of carboxylic acid groups (broad SMARTS) is 4. The molecule has 1 fully saturated rings. The largest absolute Gasteiger partial charge is 0.481 e. The Kier molecular flexibility index (Phi) is 5.35. The van der Waals surface area contributed by atoms with Gasteiger partial charge in [-0.05, 0) is 22.3 Å². The highest BCUT2D eigenvalue weighted by molar-refractivity contribution is 6.07. The summed E-state index contributed by atoms with van der Waals surface area (Å²) in [6.07, 6.45) is 0. The molecule has 4 atom stereocenters. The maximum Gasteiger partial charge on any atom is 0.308 e. The zero-order chi connectivity index (χ0) is 25.0. The van der Waals surface area contributed by atoms with Crippen LogP contribution in [-0.2, 0) is 19.2 Å². The van der Waals surface area contributed by atoms with Crippen molar-refractivity contribution in [3.63, 3.8) is 0 Å². The first-order chi connectivity index (χ1) is 16.0. The third kappa shape index (κ3) is 2.91. The van der Waals surface area contributed by atoms with Crippen molar-refractivity contribution >= 4 is 35.0 Å². The number of rotatable bonds is 6. The average molecular weight is 464 g/mol. The first kappa shape index (κ1) is 23.2. The normalized spacial score (nSPS) is 32.3. The Morgan fingerprint density at radius 2 is 0.765 bits per heavy atom. The van der Waals surface area contributed by atoms with Gasteiger partial charge >= 0.3 is 23.9 Å². The minimum Gasteiger partial charge on any atom is -0.481 e. The van der Waals surface area contributed by atoms with E-state index in [-0.39, 0.29) is 0 Å². The summed E-state index contributed by atoms with van der Waals surface area (Å²) < 4.78 is 0. The molecule has 5 rings (SSSR count). The van der Waals surface area contributed by atoms with E-state index in [9.17, 15) is 39.6 Å². The molecule has 34 heavy (non-hydrogen) atoms. The Hall–Kier alpha value is -3.94. The minimum absolute atomic E-state index is 0.358. The van der Waals surface area contributed by atoms with E-state index < -0.39 is 58.4 Å². The summed E-state index contributed by atoms with van der Waals surface area (Å²) in [4.78, 5) is 50.6. The Morgan fingerprint density at radius 1 is 0.529 bits per heavy atom. The van der Waals surface area contributed by atoms with Gasteiger partial charge in [-0.1, -0.05) is 74.5 Å². The molecule has 0 saturated heterocycles. The number of carboxylic acids is 4. The Labute approximate surface area is 195 Å². The number of hydrogen-bond donors (Lipinski definition) is 4. The van der Waals surface area contributed by atoms with Gasteiger partial charge in [-0.2, -0.15) is 0 Å². The molecule has 3 aliphatic carbocycles. The highest BCUT2D eigenvalue weighted by Crippen LogP contribution is 2.73. The summed E-state index contributed by atoms with van der Waals surface area (Å²) in [6, 6.07) is 17.2. The predicted octanol–water partition coefficient (Wildman–Crippen LogP) is 3.44. The Balaban J connectivity index is 2.29. The molecule has 1 saturated carbocycles. The van der Waals surface area contributed by atoms with Crippen LogP contribution in [0.25, 0.3) is 11.1 Å². The average Bonchev–Trinajstić information content (AvgIpc) is 2.78. The van der Waals surface area contributed by atoms with E-state index in [1.54, 1.807) is 60.7 Å². The van der Waals surface area contributed by atoms with E-state index in [2.05, 4.69) is 0 Å². The summed E-state index contributed by atoms with van der Waals surface area (Å²) in [5.41, 5.74) is -1.91. The van der Waals surface area contributed by atoms with Crippen molar-refractivity contribution in [1.29, 1.82) is 0 Å². The Morgan fingerprint density at radius 3 is 0.971 bits per heavy atom. The van der Waals surface area contributed by atoms with Crippen LogP contribution >= 0.6 is 0 Å². The standard InChI is InChI=1S/C26H24O8/c1-25-15(13-9-5-3-6-10-13)16(14-11-7-4-8-12-14)26(2,19(23(31)32)17(25)21(27)28)20(24(33)34)18(25)22(29)30/h3-12,17-20H,1-2H3,(H,27,28)(H,29,30)(H,31,32)(H,33,34). The second-order valence-corrected chi connectivity index (χ2v) is 9.31. The van der Waals surface area contributed by atoms with E-state index in [1.165, 1.54) is 13.8 Å². The van der Waals surface area contributed by atoms with Crippen LogP contribution in [0.15, 0.2) is 60.7 Å². The van der Waals surface area contributed by atoms with Gasteiger partial charge in [0, 0.05) is 10.8 Å². The van der Waals surface area contributed by atoms with Gasteiger partial charge in [0.1, 0.15) is 0 Å². The number of hydrogen-bond acceptors (Lipinski definition) is 4. The van der Waals surface area contributed by atoms with Crippen LogP contribution in [-0.4, -0.2) is 44.3 Å². The molecule has 4 unspecified atom stereocenters. The molecule has 0 spiro atoms. The van der Waals surface area contributed by atoms with Crippen molar-refractivity contribution in [2.75, 3.05) is 0 Å². The summed E-state index contributed by atoms with van der Waals surface area (Å²) in [6.45, 7) is 2.78. The molecular formula is C26H24O8. The van der Waals surface area contributed by atoms with E-state index in [4.69, 9.17) is 0 Å². The SMILES string of the molecule is CC12C(c3ccccc3)=C(c3ccccc3)C(C)(C(C(=O)O)C1C(=O)O)C(C(=O)O)C2C(=O)O. The van der Waals surface area contributed by atoms with Crippen molar-refractivity contribution in [3.8, 4) is 0 Å². The van der Waals surface area contributed by atoms with Crippen LogP contribution in [0, 0.1) is 34.5 Å². The van der Waals surface area contributed by atoms with Crippen LogP contribution in [0.3, 0.4) is 0 Å². The van der Waals surface area contributed by atoms with E-state index in [0.717, 1.165) is 0 Å². The van der Waals surface area contributed by atoms with Gasteiger partial charge in [-0.3, -0.25) is 19.2 Å². The lowest BCUT2D eigenvalue weighted by molar-refractivity contribution is -0.194. The summed E-state index contributed by atoms with van der Waals surface area (Å²) >= 11 is 0. The molecular weight excluding hydrogens is 440 g/mol. The zero-order valence-corrected chi connectivity index (χ0v) is 18.5. The lowest BCUT2D eigenvalue weighted by Crippen LogP contribution is -2.68. The molecule has 2 bridgehead atoms. The van der Waals surface area contributed by atoms with Crippen LogP contribution in [0.5, 0.6) is 0 Å². The lowest BCUT2D eigenvalue weighted by atomic mass is 9.35. The van der Waals surface area contributed by atoms with Crippen molar-refractivity contribution in [3.05, 3.63) is 71.8 Å². The van der Waals surface area contributed by atoms with E-state index >= 15 is 0 Å². The molecule has 2 aromatic carbocycles. The van der Waals surface area contributed by atoms with Gasteiger partial charge in [0.15, 0.2) is 0 Å². The van der Waals surface area contributed by atoms with Crippen molar-refractivity contribution in [2.24, 2.45) is 34.5 Å². The molecule has 0 amide bonds. The first-order valence-corrected chi connectivity index (χ1v) is 10.8. The number of carbonyl (C=O) groups is 4. The van der Waals surface area contributed by atoms with Crippen LogP contribution in [0.2, 0.25) is 0 Å². The third-order valence-electron chi connectivity index (χ3n) is 7.77. The van der Waals surface area contributed by atoms with Gasteiger partial charge in [0.2, 0.25) is 0 Å². The van der Waals surface area contributed by atoms with Crippen molar-refractivity contribution in [2.45, 2.75) is 13.8 Å². The maximum absolute atomic E-state index is 12.6. The molecule has 4 N–H and O–H groups in total. The van der Waals surface area contributed by atoms with Crippen LogP contribution < -0.4 is 0 Å². The van der Waals surface area contributed by atoms with Gasteiger partial charge in [-0.25, -0.2) is 0 Å². The van der Waals surface area contributed by atoms with Gasteiger partial charge in [0.25, 0.3) is 0 Å². The summed E-state index contributed by atoms with van der Waals surface area (Å²) in [5, 5.41) is 41.1. The molecule has 0 heterocycles. The molecule has 8 nitrogen and oxygen atoms in total. The highest BCUT2D eigenvalue weighted by Gasteiger charge is 2.76. The molecule has 2 aromatic rings. The smallest absolute Gasteiger partial charge is 0.308 e. The van der Waals surface area contributed by atoms with E-state index in [1.807, 2.05) is 0 Å². The van der Waals surface area contributed by atoms with Crippen molar-refractivity contribution < 1.29 is 39.6 Å². The van der Waals surface area contributed by atoms with Gasteiger partial charge < -0.3 is 20.4 Å². The fourth-order valence-electron chi connectivity index (χ4n) is 6.65. The fourth-order valence-corrected chi connectivity index (χ4v) is 6.65. The molecule has 0 aromatic heterocycles. The molecule has 0 radical (unpaired) electrons. The highest BCUT2D eigenvalue weighted by atomic mass is 16.4. The topological polar surface area (TPSA) is 149 Å². The monoisotopic (exact) mass is 464 g/mol. The van der Waals surface area contributed by atoms with Crippen molar-refractivity contribution in [1.82, 2.24) is 0 Å². The number of fused-ring (bicyclic) bond motifs is 2. The van der Waals surface area contributed by atoms with Gasteiger partial charge in [0.05, 0.1) is 23.7 Å². The minimum atomic E-state index is -1.84. The molecule has 3 aliphatic rings. The first-order valence-electron chi connectivity index (χ1n) is 10.8. The second-order valence-electron chi connectivity index (χ2n) is 9.31. The van der Waals surface area contributed by atoms with Gasteiger partial charge in [-0.15, -0.1) is 0 Å². The predicted molar refractivity (Wildman–Crippen MR) is 120 cm³/mol. The third-order valence-corrected chi connectivity index (χ3v) is 7.77. The maximum atomic E-state index is 12.6. The summed E-state index contributed by atoms with van der Waals surface area (Å²) in [5.74, 6) is -12.6. The molecule has 8 heteroatoms. The number of aliphatic carboxylic acids is 4.